The zero-order valence-corrected chi connectivity index (χ0v) is 13.4. The van der Waals surface area contributed by atoms with E-state index in [2.05, 4.69) is 16.5 Å². The Morgan fingerprint density at radius 1 is 1.30 bits per heavy atom. The molecule has 0 amide bonds. The molecule has 1 aromatic carbocycles. The van der Waals surface area contributed by atoms with E-state index in [-0.39, 0.29) is 11.3 Å². The molecule has 0 aliphatic rings. The molecule has 3 rings (SSSR count). The Hall–Kier alpha value is -2.69. The van der Waals surface area contributed by atoms with E-state index in [1.165, 1.54) is 6.07 Å². The maximum atomic E-state index is 14.2. The summed E-state index contributed by atoms with van der Waals surface area (Å²) in [5.41, 5.74) is 4.06. The van der Waals surface area contributed by atoms with Crippen LogP contribution >= 0.6 is 0 Å². The van der Waals surface area contributed by atoms with Crippen LogP contribution in [0.15, 0.2) is 30.9 Å². The molecule has 0 saturated heterocycles. The van der Waals surface area contributed by atoms with Crippen molar-refractivity contribution in [1.29, 1.82) is 0 Å². The highest BCUT2D eigenvalue weighted by Crippen LogP contribution is 2.30. The Bertz CT molecular complexity index is 970. The molecule has 0 saturated carbocycles. The fourth-order valence-electron chi connectivity index (χ4n) is 2.97. The average molecular weight is 311 g/mol. The minimum Gasteiger partial charge on any atom is -0.508 e. The molecule has 0 atom stereocenters. The predicted molar refractivity (Wildman–Crippen MR) is 90.1 cm³/mol. The minimum absolute atomic E-state index is 0.134. The van der Waals surface area contributed by atoms with Crippen LogP contribution < -0.4 is 0 Å². The molecule has 0 unspecified atom stereocenters. The van der Waals surface area contributed by atoms with Crippen molar-refractivity contribution < 1.29 is 9.50 Å². The Balaban J connectivity index is 2.57. The number of fused-ring (bicyclic) bond motifs is 3. The van der Waals surface area contributed by atoms with Gasteiger partial charge < -0.3 is 5.11 Å². The number of phenolic OH excluding ortho intramolecular Hbond substituents is 1. The quantitative estimate of drug-likeness (QED) is 0.733. The minimum atomic E-state index is -0.548. The highest BCUT2D eigenvalue weighted by molar-refractivity contribution is 5.84. The second-order valence-corrected chi connectivity index (χ2v) is 5.48. The predicted octanol–water partition coefficient (Wildman–Crippen LogP) is 4.32. The lowest BCUT2D eigenvalue weighted by atomic mass is 10.1. The van der Waals surface area contributed by atoms with Gasteiger partial charge in [-0.25, -0.2) is 14.4 Å². The summed E-state index contributed by atoms with van der Waals surface area (Å²) in [7, 11) is 0. The summed E-state index contributed by atoms with van der Waals surface area (Å²) in [6.07, 6.45) is 4.37. The van der Waals surface area contributed by atoms with Gasteiger partial charge in [-0.1, -0.05) is 25.7 Å². The molecule has 0 fully saturated rings. The van der Waals surface area contributed by atoms with Gasteiger partial charge in [-0.2, -0.15) is 0 Å². The molecule has 0 bridgehead atoms. The van der Waals surface area contributed by atoms with E-state index in [1.807, 2.05) is 31.2 Å². The summed E-state index contributed by atoms with van der Waals surface area (Å²) in [6, 6.07) is 2.59. The van der Waals surface area contributed by atoms with Gasteiger partial charge in [-0.15, -0.1) is 0 Å². The molecule has 0 aliphatic heterocycles. The maximum Gasteiger partial charge on any atom is 0.154 e. The topological polar surface area (TPSA) is 50.4 Å². The number of aromatic hydroxyl groups is 1. The summed E-state index contributed by atoms with van der Waals surface area (Å²) in [4.78, 5) is 9.02. The lowest BCUT2D eigenvalue weighted by Crippen LogP contribution is -2.01. The Morgan fingerprint density at radius 2 is 2.00 bits per heavy atom. The lowest BCUT2D eigenvalue weighted by molar-refractivity contribution is 0.470. The Morgan fingerprint density at radius 3 is 2.65 bits per heavy atom. The van der Waals surface area contributed by atoms with Gasteiger partial charge in [-0.05, 0) is 25.8 Å². The number of allylic oxidation sites excluding steroid dienone is 3. The van der Waals surface area contributed by atoms with E-state index >= 15 is 0 Å². The third-order valence-corrected chi connectivity index (χ3v) is 3.93. The molecule has 0 spiro atoms. The molecular weight excluding hydrogens is 293 g/mol. The highest BCUT2D eigenvalue weighted by Gasteiger charge is 2.18. The number of aromatic nitrogens is 3. The fraction of sp³-hybridized carbons (Fsp3) is 0.222. The van der Waals surface area contributed by atoms with Crippen molar-refractivity contribution in [2.24, 2.45) is 0 Å². The zero-order valence-electron chi connectivity index (χ0n) is 13.4. The monoisotopic (exact) mass is 311 g/mol. The first-order chi connectivity index (χ1) is 11.0. The van der Waals surface area contributed by atoms with Gasteiger partial charge in [0, 0.05) is 12.1 Å². The van der Waals surface area contributed by atoms with E-state index in [4.69, 9.17) is 0 Å². The van der Waals surface area contributed by atoms with Gasteiger partial charge in [0.25, 0.3) is 0 Å². The van der Waals surface area contributed by atoms with Crippen LogP contribution in [0.1, 0.15) is 30.6 Å². The summed E-state index contributed by atoms with van der Waals surface area (Å²) in [5, 5.41) is 9.80. The number of rotatable bonds is 3. The normalized spacial score (nSPS) is 12.3. The number of aryl methyl sites for hydroxylation is 2. The number of hydrogen-bond donors (Lipinski definition) is 1. The third kappa shape index (κ3) is 2.29. The third-order valence-electron chi connectivity index (χ3n) is 3.93. The maximum absolute atomic E-state index is 14.2. The van der Waals surface area contributed by atoms with Crippen molar-refractivity contribution in [1.82, 2.24) is 14.4 Å². The van der Waals surface area contributed by atoms with Crippen LogP contribution in [0.2, 0.25) is 0 Å². The van der Waals surface area contributed by atoms with E-state index in [9.17, 15) is 9.50 Å². The smallest absolute Gasteiger partial charge is 0.154 e. The first-order valence-corrected chi connectivity index (χ1v) is 7.47. The van der Waals surface area contributed by atoms with Gasteiger partial charge >= 0.3 is 0 Å². The van der Waals surface area contributed by atoms with Crippen LogP contribution in [0.5, 0.6) is 5.75 Å². The number of imidazole rings is 1. The van der Waals surface area contributed by atoms with Crippen LogP contribution in [0.3, 0.4) is 0 Å². The molecular formula is C18H18FN3O. The molecule has 0 radical (unpaired) electrons. The first kappa shape index (κ1) is 15.2. The zero-order chi connectivity index (χ0) is 16.7. The van der Waals surface area contributed by atoms with E-state index in [0.717, 1.165) is 35.1 Å². The molecule has 1 N–H and O–H groups in total. The summed E-state index contributed by atoms with van der Waals surface area (Å²) in [5.74, 6) is 0.0402. The molecule has 23 heavy (non-hydrogen) atoms. The Labute approximate surface area is 133 Å². The second kappa shape index (κ2) is 5.50. The fourth-order valence-corrected chi connectivity index (χ4v) is 2.97. The molecule has 5 heteroatoms. The highest BCUT2D eigenvalue weighted by atomic mass is 19.1. The number of phenols is 1. The van der Waals surface area contributed by atoms with Gasteiger partial charge in [0.05, 0.1) is 22.4 Å². The number of nitrogens with zero attached hydrogens (tertiary/aromatic N) is 3. The molecule has 118 valence electrons. The van der Waals surface area contributed by atoms with Gasteiger partial charge in [0.2, 0.25) is 0 Å². The van der Waals surface area contributed by atoms with E-state index < -0.39 is 5.82 Å². The van der Waals surface area contributed by atoms with E-state index in [1.54, 1.807) is 6.08 Å². The average Bonchev–Trinajstić information content (AvgIpc) is 2.84. The van der Waals surface area contributed by atoms with Gasteiger partial charge in [0.1, 0.15) is 17.1 Å². The SMILES string of the molecule is C=C/C=C(\CC)c1nc(C)c2c(C)nc3c(F)cc(O)cc3n12. The molecule has 2 heterocycles. The second-order valence-electron chi connectivity index (χ2n) is 5.48. The molecule has 4 nitrogen and oxygen atoms in total. The van der Waals surface area contributed by atoms with Crippen LogP contribution in [0.4, 0.5) is 4.39 Å². The van der Waals surface area contributed by atoms with Crippen molar-refractivity contribution >= 4 is 22.1 Å². The van der Waals surface area contributed by atoms with Crippen molar-refractivity contribution in [2.45, 2.75) is 27.2 Å². The Kier molecular flexibility index (Phi) is 3.64. The first-order valence-electron chi connectivity index (χ1n) is 7.47. The van der Waals surface area contributed by atoms with Crippen molar-refractivity contribution in [2.75, 3.05) is 0 Å². The standard InChI is InChI=1S/C18H18FN3O/c1-5-7-12(6-2)18-21-11(4)17-10(3)20-16-14(19)8-13(23)9-15(16)22(17)18/h5,7-9,23H,1,6H2,2-4H3/b12-7+. The van der Waals surface area contributed by atoms with E-state index in [0.29, 0.717) is 11.2 Å². The molecule has 0 aliphatic carbocycles. The summed E-state index contributed by atoms with van der Waals surface area (Å²) in [6.45, 7) is 9.51. The van der Waals surface area contributed by atoms with Crippen molar-refractivity contribution in [3.05, 3.63) is 53.9 Å². The molecule has 3 aromatic rings. The number of benzene rings is 1. The van der Waals surface area contributed by atoms with Crippen molar-refractivity contribution in [3.8, 4) is 5.75 Å². The lowest BCUT2D eigenvalue weighted by Gasteiger charge is -2.10. The van der Waals surface area contributed by atoms with Gasteiger partial charge in [-0.3, -0.25) is 4.40 Å². The summed E-state index contributed by atoms with van der Waals surface area (Å²) >= 11 is 0. The van der Waals surface area contributed by atoms with Gasteiger partial charge in [0.15, 0.2) is 5.82 Å². The molecule has 2 aromatic heterocycles. The van der Waals surface area contributed by atoms with Crippen molar-refractivity contribution in [3.63, 3.8) is 0 Å². The van der Waals surface area contributed by atoms with Crippen LogP contribution in [-0.4, -0.2) is 19.5 Å². The largest absolute Gasteiger partial charge is 0.508 e. The number of halogens is 1. The summed E-state index contributed by atoms with van der Waals surface area (Å²) < 4.78 is 16.1. The van der Waals surface area contributed by atoms with Crippen LogP contribution in [-0.2, 0) is 0 Å². The number of hydrogen-bond acceptors (Lipinski definition) is 3. The van der Waals surface area contributed by atoms with Crippen LogP contribution in [0, 0.1) is 19.7 Å². The van der Waals surface area contributed by atoms with Crippen LogP contribution in [0.25, 0.3) is 22.1 Å².